The highest BCUT2D eigenvalue weighted by atomic mass is 35.5. The predicted molar refractivity (Wildman–Crippen MR) is 138 cm³/mol. The molecular weight excluding hydrogens is 515 g/mol. The van der Waals surface area contributed by atoms with E-state index in [0.29, 0.717) is 23.5 Å². The second-order valence-corrected chi connectivity index (χ2v) is 9.45. The minimum Gasteiger partial charge on any atom is -0.460 e. The van der Waals surface area contributed by atoms with E-state index >= 15 is 0 Å². The molecule has 1 aromatic carbocycles. The largest absolute Gasteiger partial charge is 0.460 e. The number of anilines is 1. The van der Waals surface area contributed by atoms with E-state index in [9.17, 15) is 19.2 Å². The minimum atomic E-state index is -0.770. The number of hydrogen-bond acceptors (Lipinski definition) is 7. The van der Waals surface area contributed by atoms with Crippen LogP contribution in [0.4, 0.5) is 5.69 Å². The van der Waals surface area contributed by atoms with E-state index in [-0.39, 0.29) is 48.0 Å². The Balaban J connectivity index is 0.00000432. The predicted octanol–water partition coefficient (Wildman–Crippen LogP) is 2.34. The van der Waals surface area contributed by atoms with Crippen molar-refractivity contribution in [1.82, 2.24) is 15.1 Å². The lowest BCUT2D eigenvalue weighted by molar-refractivity contribution is -0.153. The van der Waals surface area contributed by atoms with Gasteiger partial charge in [0, 0.05) is 24.9 Å². The van der Waals surface area contributed by atoms with Crippen LogP contribution < -0.4 is 10.6 Å². The van der Waals surface area contributed by atoms with Crippen LogP contribution in [-0.2, 0) is 30.3 Å². The summed E-state index contributed by atoms with van der Waals surface area (Å²) in [5.41, 5.74) is 1.23. The Hall–Kier alpha value is -2.27. The van der Waals surface area contributed by atoms with Gasteiger partial charge >= 0.3 is 5.97 Å². The van der Waals surface area contributed by atoms with Crippen molar-refractivity contribution in [3.63, 3.8) is 0 Å². The van der Waals surface area contributed by atoms with E-state index < -0.39 is 23.3 Å². The fraction of sp³-hybridized carbons (Fsp3) is 0.478. The van der Waals surface area contributed by atoms with Crippen LogP contribution in [0.15, 0.2) is 35.0 Å². The molecule has 12 heteroatoms. The molecular formula is C23H30Cl2N4O5S. The Kier molecular flexibility index (Phi) is 10.9. The van der Waals surface area contributed by atoms with Crippen molar-refractivity contribution in [3.05, 3.63) is 40.6 Å². The molecule has 2 heterocycles. The van der Waals surface area contributed by atoms with E-state index in [1.807, 2.05) is 13.8 Å². The SMILES string of the molecule is CCN(CC)CCOC(=O)C1=C(Cl)CSC2C(NC(=O)Cc3ccccc3NC(C)=O)C(=O)N12.Cl. The number of β-lactam (4-membered cyclic amide) rings is 1. The maximum atomic E-state index is 12.9. The fourth-order valence-electron chi connectivity index (χ4n) is 3.83. The summed E-state index contributed by atoms with van der Waals surface area (Å²) in [5.74, 6) is -1.30. The number of amides is 3. The normalized spacial score (nSPS) is 18.9. The van der Waals surface area contributed by atoms with Crippen molar-refractivity contribution in [2.45, 2.75) is 38.6 Å². The molecule has 3 amide bonds. The van der Waals surface area contributed by atoms with Gasteiger partial charge in [0.2, 0.25) is 11.8 Å². The van der Waals surface area contributed by atoms with Crippen LogP contribution in [0.2, 0.25) is 0 Å². The third-order valence-corrected chi connectivity index (χ3v) is 7.40. The summed E-state index contributed by atoms with van der Waals surface area (Å²) in [6.45, 7) is 7.92. The summed E-state index contributed by atoms with van der Waals surface area (Å²) in [6.07, 6.45) is -0.00548. The zero-order valence-electron chi connectivity index (χ0n) is 19.8. The first kappa shape index (κ1) is 29.0. The number of para-hydroxylation sites is 1. The molecule has 0 bridgehead atoms. The highest BCUT2D eigenvalue weighted by molar-refractivity contribution is 8.00. The Morgan fingerprint density at radius 1 is 1.23 bits per heavy atom. The van der Waals surface area contributed by atoms with E-state index in [0.717, 1.165) is 13.1 Å². The number of benzene rings is 1. The summed E-state index contributed by atoms with van der Waals surface area (Å²) in [5, 5.41) is 5.27. The second-order valence-electron chi connectivity index (χ2n) is 7.89. The Morgan fingerprint density at radius 3 is 2.57 bits per heavy atom. The quantitative estimate of drug-likeness (QED) is 0.343. The maximum Gasteiger partial charge on any atom is 0.356 e. The lowest BCUT2D eigenvalue weighted by atomic mass is 10.0. The van der Waals surface area contributed by atoms with Crippen molar-refractivity contribution in [3.8, 4) is 0 Å². The van der Waals surface area contributed by atoms with Crippen molar-refractivity contribution in [1.29, 1.82) is 0 Å². The van der Waals surface area contributed by atoms with Crippen molar-refractivity contribution in [2.75, 3.05) is 37.3 Å². The Labute approximate surface area is 220 Å². The van der Waals surface area contributed by atoms with Gasteiger partial charge in [0.1, 0.15) is 23.7 Å². The van der Waals surface area contributed by atoms with Crippen LogP contribution >= 0.6 is 35.8 Å². The molecule has 2 aliphatic rings. The van der Waals surface area contributed by atoms with Crippen LogP contribution in [0.25, 0.3) is 0 Å². The van der Waals surface area contributed by atoms with Crippen molar-refractivity contribution in [2.24, 2.45) is 0 Å². The molecule has 0 aromatic heterocycles. The van der Waals surface area contributed by atoms with Gasteiger partial charge in [-0.05, 0) is 24.7 Å². The third kappa shape index (κ3) is 6.91. The molecule has 1 fully saturated rings. The van der Waals surface area contributed by atoms with E-state index in [1.54, 1.807) is 24.3 Å². The molecule has 0 saturated carbocycles. The highest BCUT2D eigenvalue weighted by Gasteiger charge is 2.54. The second kappa shape index (κ2) is 13.2. The lowest BCUT2D eigenvalue weighted by Gasteiger charge is -2.49. The number of nitrogens with one attached hydrogen (secondary N) is 2. The first-order valence-corrected chi connectivity index (χ1v) is 12.6. The number of rotatable bonds is 10. The van der Waals surface area contributed by atoms with Crippen LogP contribution in [0.3, 0.4) is 0 Å². The summed E-state index contributed by atoms with van der Waals surface area (Å²) in [7, 11) is 0. The fourth-order valence-corrected chi connectivity index (χ4v) is 5.38. The van der Waals surface area contributed by atoms with E-state index in [1.165, 1.54) is 23.6 Å². The monoisotopic (exact) mass is 544 g/mol. The zero-order chi connectivity index (χ0) is 24.8. The number of esters is 1. The highest BCUT2D eigenvalue weighted by Crippen LogP contribution is 2.41. The molecule has 2 atom stereocenters. The minimum absolute atomic E-state index is 0. The average Bonchev–Trinajstić information content (AvgIpc) is 2.81. The van der Waals surface area contributed by atoms with Gasteiger partial charge < -0.3 is 20.3 Å². The number of nitrogens with zero attached hydrogens (tertiary/aromatic N) is 2. The van der Waals surface area contributed by atoms with Crippen LogP contribution in [0.5, 0.6) is 0 Å². The molecule has 1 saturated heterocycles. The van der Waals surface area contributed by atoms with Gasteiger partial charge in [-0.1, -0.05) is 43.6 Å². The zero-order valence-corrected chi connectivity index (χ0v) is 22.2. The van der Waals surface area contributed by atoms with E-state index in [2.05, 4.69) is 15.5 Å². The number of thioether (sulfide) groups is 1. The number of carbonyl (C=O) groups is 4. The van der Waals surface area contributed by atoms with Gasteiger partial charge in [-0.15, -0.1) is 24.2 Å². The molecule has 2 N–H and O–H groups in total. The van der Waals surface area contributed by atoms with Gasteiger partial charge in [-0.3, -0.25) is 19.3 Å². The Bertz CT molecular complexity index is 1000. The molecule has 1 aromatic rings. The topological polar surface area (TPSA) is 108 Å². The first-order chi connectivity index (χ1) is 16.3. The molecule has 9 nitrogen and oxygen atoms in total. The Morgan fingerprint density at radius 2 is 1.91 bits per heavy atom. The molecule has 35 heavy (non-hydrogen) atoms. The molecule has 3 rings (SSSR count). The summed E-state index contributed by atoms with van der Waals surface area (Å²) >= 11 is 7.66. The maximum absolute atomic E-state index is 12.9. The molecule has 2 aliphatic heterocycles. The molecule has 0 spiro atoms. The summed E-state index contributed by atoms with van der Waals surface area (Å²) in [4.78, 5) is 53.1. The van der Waals surface area contributed by atoms with Crippen LogP contribution in [0.1, 0.15) is 26.3 Å². The van der Waals surface area contributed by atoms with E-state index in [4.69, 9.17) is 16.3 Å². The van der Waals surface area contributed by atoms with Gasteiger partial charge in [-0.2, -0.15) is 0 Å². The van der Waals surface area contributed by atoms with Gasteiger partial charge in [0.25, 0.3) is 5.91 Å². The van der Waals surface area contributed by atoms with Gasteiger partial charge in [0.15, 0.2) is 0 Å². The summed E-state index contributed by atoms with van der Waals surface area (Å²) < 4.78 is 5.38. The number of ether oxygens (including phenoxy) is 1. The molecule has 2 unspecified atom stereocenters. The average molecular weight is 545 g/mol. The third-order valence-electron chi connectivity index (χ3n) is 5.65. The standard InChI is InChI=1S/C23H29ClN4O5S.ClH/c1-4-27(5-2)10-11-33-23(32)20-16(24)13-34-22-19(21(31)28(20)22)26-18(30)12-15-8-6-7-9-17(15)25-14(3)29;/h6-9,19,22H,4-5,10-13H2,1-3H3,(H,25,29)(H,26,30);1H. The van der Waals surface area contributed by atoms with Crippen molar-refractivity contribution < 1.29 is 23.9 Å². The lowest BCUT2D eigenvalue weighted by Crippen LogP contribution is -2.70. The first-order valence-electron chi connectivity index (χ1n) is 11.1. The van der Waals surface area contributed by atoms with Gasteiger partial charge in [0.05, 0.1) is 11.5 Å². The number of likely N-dealkylation sites (N-methyl/N-ethyl adjacent to an activating group) is 1. The summed E-state index contributed by atoms with van der Waals surface area (Å²) in [6, 6.07) is 6.21. The van der Waals surface area contributed by atoms with Crippen molar-refractivity contribution >= 4 is 65.1 Å². The number of fused-ring (bicyclic) bond motifs is 1. The van der Waals surface area contributed by atoms with Crippen LogP contribution in [-0.4, -0.2) is 76.9 Å². The smallest absolute Gasteiger partial charge is 0.356 e. The number of carbonyl (C=O) groups excluding carboxylic acids is 4. The molecule has 192 valence electrons. The number of halogens is 2. The number of hydrogen-bond donors (Lipinski definition) is 2. The molecule has 0 radical (unpaired) electrons. The van der Waals surface area contributed by atoms with Gasteiger partial charge in [-0.25, -0.2) is 4.79 Å². The molecule has 0 aliphatic carbocycles. The van der Waals surface area contributed by atoms with Crippen LogP contribution in [0, 0.1) is 0 Å².